The van der Waals surface area contributed by atoms with E-state index < -0.39 is 0 Å². The lowest BCUT2D eigenvalue weighted by atomic mass is 9.75. The summed E-state index contributed by atoms with van der Waals surface area (Å²) in [6.45, 7) is 7.30. The second-order valence-electron chi connectivity index (χ2n) is 6.50. The van der Waals surface area contributed by atoms with E-state index in [1.54, 1.807) is 0 Å². The van der Waals surface area contributed by atoms with Gasteiger partial charge in [-0.05, 0) is 24.3 Å². The van der Waals surface area contributed by atoms with E-state index in [0.29, 0.717) is 19.8 Å². The van der Waals surface area contributed by atoms with Gasteiger partial charge in [0.2, 0.25) is 0 Å². The number of aromatic nitrogens is 1. The number of aliphatic hydroxyl groups excluding tert-OH is 1. The smallest absolute Gasteiger partial charge is 0.0987 e. The highest BCUT2D eigenvalue weighted by Gasteiger charge is 2.33. The Morgan fingerprint density at radius 2 is 2.26 bits per heavy atom. The van der Waals surface area contributed by atoms with E-state index in [1.807, 2.05) is 0 Å². The molecule has 2 unspecified atom stereocenters. The predicted octanol–water partition coefficient (Wildman–Crippen LogP) is 1.91. The van der Waals surface area contributed by atoms with Gasteiger partial charge in [0.15, 0.2) is 0 Å². The van der Waals surface area contributed by atoms with Crippen molar-refractivity contribution >= 4 is 0 Å². The number of nitrogens with zero attached hydrogens (tertiary/aromatic N) is 1. The van der Waals surface area contributed by atoms with E-state index in [2.05, 4.69) is 30.7 Å². The Kier molecular flexibility index (Phi) is 3.41. The number of hydrogen-bond acceptors (Lipinski definition) is 3. The van der Waals surface area contributed by atoms with E-state index >= 15 is 0 Å². The van der Waals surface area contributed by atoms with E-state index in [0.717, 1.165) is 24.9 Å². The Hall–Kier alpha value is -0.840. The van der Waals surface area contributed by atoms with Crippen LogP contribution in [0.1, 0.15) is 37.6 Å². The Bertz CT molecular complexity index is 446. The molecular weight excluding hydrogens is 242 g/mol. The van der Waals surface area contributed by atoms with Crippen LogP contribution in [0.25, 0.3) is 0 Å². The fourth-order valence-corrected chi connectivity index (χ4v) is 3.22. The van der Waals surface area contributed by atoms with Crippen molar-refractivity contribution in [2.75, 3.05) is 19.8 Å². The highest BCUT2D eigenvalue weighted by Crippen LogP contribution is 2.41. The van der Waals surface area contributed by atoms with Crippen molar-refractivity contribution in [2.45, 2.75) is 45.4 Å². The lowest BCUT2D eigenvalue weighted by molar-refractivity contribution is -0.0939. The first-order chi connectivity index (χ1) is 9.05. The molecule has 4 heteroatoms. The van der Waals surface area contributed by atoms with Crippen molar-refractivity contribution in [3.63, 3.8) is 0 Å². The molecule has 0 spiro atoms. The standard InChI is InChI=1S/C15H23NO3/c1-15(2)7-13-12(14(17)8-15)3-4-16(13)9-11-10-18-5-6-19-11/h3-4,11,14,17H,5-10H2,1-2H3. The first kappa shape index (κ1) is 13.2. The largest absolute Gasteiger partial charge is 0.388 e. The molecule has 2 heterocycles. The number of fused-ring (bicyclic) bond motifs is 1. The molecule has 0 aromatic carbocycles. The Morgan fingerprint density at radius 3 is 3.00 bits per heavy atom. The predicted molar refractivity (Wildman–Crippen MR) is 72.1 cm³/mol. The van der Waals surface area contributed by atoms with Crippen LogP contribution in [0.5, 0.6) is 0 Å². The van der Waals surface area contributed by atoms with Gasteiger partial charge in [-0.25, -0.2) is 0 Å². The zero-order chi connectivity index (χ0) is 13.5. The normalized spacial score (nSPS) is 30.1. The van der Waals surface area contributed by atoms with Gasteiger partial charge in [-0.2, -0.15) is 0 Å². The minimum atomic E-state index is -0.330. The van der Waals surface area contributed by atoms with Gasteiger partial charge in [-0.1, -0.05) is 13.8 Å². The van der Waals surface area contributed by atoms with Crippen molar-refractivity contribution < 1.29 is 14.6 Å². The number of aliphatic hydroxyl groups is 1. The van der Waals surface area contributed by atoms with E-state index in [1.165, 1.54) is 5.69 Å². The lowest BCUT2D eigenvalue weighted by Gasteiger charge is -2.34. The van der Waals surface area contributed by atoms with Crippen molar-refractivity contribution in [1.82, 2.24) is 4.57 Å². The third-order valence-electron chi connectivity index (χ3n) is 4.15. The van der Waals surface area contributed by atoms with Gasteiger partial charge in [0.05, 0.1) is 38.6 Å². The molecule has 19 heavy (non-hydrogen) atoms. The van der Waals surface area contributed by atoms with Crippen LogP contribution in [0.15, 0.2) is 12.3 Å². The summed E-state index contributed by atoms with van der Waals surface area (Å²) in [5, 5.41) is 10.2. The highest BCUT2D eigenvalue weighted by molar-refractivity contribution is 5.29. The summed E-state index contributed by atoms with van der Waals surface area (Å²) in [5.41, 5.74) is 2.51. The van der Waals surface area contributed by atoms with E-state index in [-0.39, 0.29) is 17.6 Å². The van der Waals surface area contributed by atoms with E-state index in [4.69, 9.17) is 9.47 Å². The van der Waals surface area contributed by atoms with Crippen molar-refractivity contribution in [3.8, 4) is 0 Å². The molecule has 106 valence electrons. The lowest BCUT2D eigenvalue weighted by Crippen LogP contribution is -2.34. The molecule has 0 bridgehead atoms. The molecule has 0 amide bonds. The molecule has 1 aromatic rings. The summed E-state index contributed by atoms with van der Waals surface area (Å²) in [6, 6.07) is 2.05. The fraction of sp³-hybridized carbons (Fsp3) is 0.733. The number of ether oxygens (including phenoxy) is 2. The van der Waals surface area contributed by atoms with Crippen LogP contribution < -0.4 is 0 Å². The first-order valence-corrected chi connectivity index (χ1v) is 7.10. The van der Waals surface area contributed by atoms with Crippen LogP contribution in [0, 0.1) is 5.41 Å². The summed E-state index contributed by atoms with van der Waals surface area (Å²) >= 11 is 0. The van der Waals surface area contributed by atoms with Crippen LogP contribution in [0.4, 0.5) is 0 Å². The first-order valence-electron chi connectivity index (χ1n) is 7.10. The molecule has 1 aliphatic heterocycles. The molecule has 0 radical (unpaired) electrons. The average molecular weight is 265 g/mol. The van der Waals surface area contributed by atoms with Gasteiger partial charge in [0.1, 0.15) is 0 Å². The van der Waals surface area contributed by atoms with Crippen molar-refractivity contribution in [1.29, 1.82) is 0 Å². The highest BCUT2D eigenvalue weighted by atomic mass is 16.6. The van der Waals surface area contributed by atoms with Crippen LogP contribution in [-0.2, 0) is 22.4 Å². The Labute approximate surface area is 114 Å². The molecular formula is C15H23NO3. The molecule has 1 fully saturated rings. The summed E-state index contributed by atoms with van der Waals surface area (Å²) in [6.07, 6.45) is 3.73. The molecule has 1 aliphatic carbocycles. The quantitative estimate of drug-likeness (QED) is 0.888. The summed E-state index contributed by atoms with van der Waals surface area (Å²) in [4.78, 5) is 0. The Morgan fingerprint density at radius 1 is 1.42 bits per heavy atom. The second kappa shape index (κ2) is 4.93. The molecule has 1 saturated heterocycles. The molecule has 3 rings (SSSR count). The van der Waals surface area contributed by atoms with Gasteiger partial charge >= 0.3 is 0 Å². The zero-order valence-electron chi connectivity index (χ0n) is 11.8. The van der Waals surface area contributed by atoms with Crippen molar-refractivity contribution in [3.05, 3.63) is 23.5 Å². The average Bonchev–Trinajstić information content (AvgIpc) is 2.72. The minimum absolute atomic E-state index is 0.132. The van der Waals surface area contributed by atoms with Crippen molar-refractivity contribution in [2.24, 2.45) is 5.41 Å². The van der Waals surface area contributed by atoms with E-state index in [9.17, 15) is 5.11 Å². The maximum absolute atomic E-state index is 10.2. The summed E-state index contributed by atoms with van der Waals surface area (Å²) in [5.74, 6) is 0. The molecule has 2 atom stereocenters. The van der Waals surface area contributed by atoms with Gasteiger partial charge in [-0.3, -0.25) is 0 Å². The second-order valence-corrected chi connectivity index (χ2v) is 6.50. The minimum Gasteiger partial charge on any atom is -0.388 e. The van der Waals surface area contributed by atoms with Gasteiger partial charge in [0.25, 0.3) is 0 Å². The third-order valence-corrected chi connectivity index (χ3v) is 4.15. The fourth-order valence-electron chi connectivity index (χ4n) is 3.22. The van der Waals surface area contributed by atoms with Crippen LogP contribution in [0.3, 0.4) is 0 Å². The van der Waals surface area contributed by atoms with Crippen LogP contribution in [0.2, 0.25) is 0 Å². The maximum Gasteiger partial charge on any atom is 0.0987 e. The molecule has 2 aliphatic rings. The van der Waals surface area contributed by atoms with Gasteiger partial charge in [-0.15, -0.1) is 0 Å². The Balaban J connectivity index is 1.80. The van der Waals surface area contributed by atoms with Gasteiger partial charge in [0, 0.05) is 17.5 Å². The third kappa shape index (κ3) is 2.71. The molecule has 0 saturated carbocycles. The topological polar surface area (TPSA) is 43.6 Å². The van der Waals surface area contributed by atoms with Crippen LogP contribution in [-0.4, -0.2) is 35.6 Å². The number of rotatable bonds is 2. The zero-order valence-corrected chi connectivity index (χ0v) is 11.8. The SMILES string of the molecule is CC1(C)Cc2c(ccn2CC2COCCO2)C(O)C1. The molecule has 4 nitrogen and oxygen atoms in total. The summed E-state index contributed by atoms with van der Waals surface area (Å²) < 4.78 is 13.4. The molecule has 1 N–H and O–H groups in total. The monoisotopic (exact) mass is 265 g/mol. The van der Waals surface area contributed by atoms with Gasteiger partial charge < -0.3 is 19.1 Å². The maximum atomic E-state index is 10.2. The summed E-state index contributed by atoms with van der Waals surface area (Å²) in [7, 11) is 0. The molecule has 1 aromatic heterocycles. The number of hydrogen-bond donors (Lipinski definition) is 1. The van der Waals surface area contributed by atoms with Crippen LogP contribution >= 0.6 is 0 Å².